The molecule has 2 saturated heterocycles. The van der Waals surface area contributed by atoms with Crippen molar-refractivity contribution >= 4 is 34.3 Å². The van der Waals surface area contributed by atoms with Crippen LogP contribution in [0.2, 0.25) is 0 Å². The highest BCUT2D eigenvalue weighted by Crippen LogP contribution is 2.40. The molecule has 2 unspecified atom stereocenters. The van der Waals surface area contributed by atoms with Crippen molar-refractivity contribution in [2.75, 3.05) is 22.9 Å². The van der Waals surface area contributed by atoms with Crippen molar-refractivity contribution in [1.82, 2.24) is 4.98 Å². The first-order chi connectivity index (χ1) is 13.8. The highest BCUT2D eigenvalue weighted by molar-refractivity contribution is 7.08. The van der Waals surface area contributed by atoms with E-state index in [1.54, 1.807) is 22.7 Å². The third kappa shape index (κ3) is 3.09. The van der Waals surface area contributed by atoms with Gasteiger partial charge in [-0.1, -0.05) is 0 Å². The molecule has 6 heteroatoms. The van der Waals surface area contributed by atoms with Crippen LogP contribution in [0.3, 0.4) is 0 Å². The van der Waals surface area contributed by atoms with Crippen LogP contribution in [0.15, 0.2) is 45.8 Å². The minimum absolute atomic E-state index is 0.326. The maximum atomic E-state index is 9.73. The number of thiophene rings is 2. The highest BCUT2D eigenvalue weighted by Gasteiger charge is 2.32. The fourth-order valence-corrected chi connectivity index (χ4v) is 6.00. The molecule has 0 aromatic carbocycles. The summed E-state index contributed by atoms with van der Waals surface area (Å²) in [5, 5.41) is 18.5. The number of hydrogen-bond donors (Lipinski definition) is 0. The number of nitrogens with zero attached hydrogens (tertiary/aromatic N) is 4. The van der Waals surface area contributed by atoms with Gasteiger partial charge in [0, 0.05) is 13.1 Å². The highest BCUT2D eigenvalue weighted by atomic mass is 32.1. The Kier molecular flexibility index (Phi) is 4.79. The van der Waals surface area contributed by atoms with Gasteiger partial charge in [-0.25, -0.2) is 4.98 Å². The van der Waals surface area contributed by atoms with E-state index >= 15 is 0 Å². The van der Waals surface area contributed by atoms with Gasteiger partial charge in [0.2, 0.25) is 0 Å². The number of rotatable bonds is 4. The van der Waals surface area contributed by atoms with E-state index in [0.717, 1.165) is 44.0 Å². The summed E-state index contributed by atoms with van der Waals surface area (Å²) >= 11 is 3.49. The summed E-state index contributed by atoms with van der Waals surface area (Å²) < 4.78 is 0. The molecule has 142 valence electrons. The lowest BCUT2D eigenvalue weighted by Gasteiger charge is -2.29. The third-order valence-corrected chi connectivity index (χ3v) is 7.31. The van der Waals surface area contributed by atoms with Crippen LogP contribution >= 0.6 is 22.7 Å². The largest absolute Gasteiger partial charge is 0.349 e. The lowest BCUT2D eigenvalue weighted by Crippen LogP contribution is -2.27. The van der Waals surface area contributed by atoms with Crippen molar-refractivity contribution in [3.05, 3.63) is 62.5 Å². The molecule has 5 rings (SSSR count). The molecule has 0 amide bonds. The van der Waals surface area contributed by atoms with Crippen LogP contribution in [-0.4, -0.2) is 18.1 Å². The second-order valence-corrected chi connectivity index (χ2v) is 9.03. The molecule has 0 bridgehead atoms. The first-order valence-corrected chi connectivity index (χ1v) is 11.7. The van der Waals surface area contributed by atoms with Crippen LogP contribution in [0.5, 0.6) is 0 Å². The van der Waals surface area contributed by atoms with Crippen LogP contribution in [0.25, 0.3) is 0 Å². The Balaban J connectivity index is 1.51. The van der Waals surface area contributed by atoms with Gasteiger partial charge in [-0.15, -0.1) is 0 Å². The number of hydrogen-bond acceptors (Lipinski definition) is 6. The first kappa shape index (κ1) is 17.7. The minimum atomic E-state index is 0.326. The standard InChI is InChI=1S/C22H22N4S2/c23-13-16-5-6-21(25-9-1-3-19(25)17-7-11-27-14-17)24-22(16)26-10-2-4-20(26)18-8-12-28-15-18/h5-8,11-12,14-15,19-20H,1-4,9-10H2. The molecule has 3 aromatic heterocycles. The molecule has 2 aliphatic heterocycles. The van der Waals surface area contributed by atoms with Crippen molar-refractivity contribution in [3.63, 3.8) is 0 Å². The quantitative estimate of drug-likeness (QED) is 0.552. The molecule has 2 atom stereocenters. The van der Waals surface area contributed by atoms with Crippen molar-refractivity contribution in [1.29, 1.82) is 5.26 Å². The molecule has 28 heavy (non-hydrogen) atoms. The first-order valence-electron chi connectivity index (χ1n) is 9.84. The zero-order chi connectivity index (χ0) is 18.9. The van der Waals surface area contributed by atoms with E-state index in [2.05, 4.69) is 49.5 Å². The molecule has 0 saturated carbocycles. The Hall–Kier alpha value is -2.36. The van der Waals surface area contributed by atoms with Crippen molar-refractivity contribution < 1.29 is 0 Å². The van der Waals surface area contributed by atoms with E-state index in [0.29, 0.717) is 17.6 Å². The lowest BCUT2D eigenvalue weighted by atomic mass is 10.1. The van der Waals surface area contributed by atoms with Crippen molar-refractivity contribution in [2.24, 2.45) is 0 Å². The Morgan fingerprint density at radius 1 is 0.893 bits per heavy atom. The summed E-state index contributed by atoms with van der Waals surface area (Å²) in [7, 11) is 0. The fraction of sp³-hybridized carbons (Fsp3) is 0.364. The Bertz CT molecular complexity index is 975. The summed E-state index contributed by atoms with van der Waals surface area (Å²) in [6.07, 6.45) is 4.60. The number of pyridine rings is 1. The molecule has 5 heterocycles. The molecular weight excluding hydrogens is 384 g/mol. The number of anilines is 2. The van der Waals surface area contributed by atoms with Crippen LogP contribution < -0.4 is 9.80 Å². The maximum absolute atomic E-state index is 9.73. The topological polar surface area (TPSA) is 43.2 Å². The van der Waals surface area contributed by atoms with Gasteiger partial charge in [0.1, 0.15) is 17.7 Å². The zero-order valence-electron chi connectivity index (χ0n) is 15.6. The van der Waals surface area contributed by atoms with E-state index in [1.165, 1.54) is 17.5 Å². The smallest absolute Gasteiger partial charge is 0.149 e. The van der Waals surface area contributed by atoms with Gasteiger partial charge < -0.3 is 9.80 Å². The summed E-state index contributed by atoms with van der Waals surface area (Å²) in [6, 6.07) is 11.5. The Morgan fingerprint density at radius 3 is 2.14 bits per heavy atom. The van der Waals surface area contributed by atoms with Gasteiger partial charge >= 0.3 is 0 Å². The molecule has 3 aromatic rings. The summed E-state index contributed by atoms with van der Waals surface area (Å²) in [5.74, 6) is 1.85. The minimum Gasteiger partial charge on any atom is -0.349 e. The van der Waals surface area contributed by atoms with Crippen molar-refractivity contribution in [3.8, 4) is 6.07 Å². The van der Waals surface area contributed by atoms with E-state index < -0.39 is 0 Å². The predicted molar refractivity (Wildman–Crippen MR) is 116 cm³/mol. The third-order valence-electron chi connectivity index (χ3n) is 5.91. The lowest BCUT2D eigenvalue weighted by molar-refractivity contribution is 0.700. The zero-order valence-corrected chi connectivity index (χ0v) is 17.3. The van der Waals surface area contributed by atoms with Crippen LogP contribution in [0, 0.1) is 11.3 Å². The monoisotopic (exact) mass is 406 g/mol. The molecule has 2 aliphatic rings. The molecule has 0 radical (unpaired) electrons. The normalized spacial score (nSPS) is 22.0. The number of aromatic nitrogens is 1. The van der Waals surface area contributed by atoms with E-state index in [4.69, 9.17) is 4.98 Å². The van der Waals surface area contributed by atoms with Gasteiger partial charge in [0.15, 0.2) is 0 Å². The molecule has 2 fully saturated rings. The second kappa shape index (κ2) is 7.57. The van der Waals surface area contributed by atoms with Crippen LogP contribution in [-0.2, 0) is 0 Å². The summed E-state index contributed by atoms with van der Waals surface area (Å²) in [6.45, 7) is 1.98. The van der Waals surface area contributed by atoms with Gasteiger partial charge in [0.25, 0.3) is 0 Å². The van der Waals surface area contributed by atoms with Crippen LogP contribution in [0.1, 0.15) is 54.5 Å². The fourth-order valence-electron chi connectivity index (χ4n) is 4.59. The summed E-state index contributed by atoms with van der Waals surface area (Å²) in [4.78, 5) is 9.83. The Morgan fingerprint density at radius 2 is 1.54 bits per heavy atom. The molecule has 0 N–H and O–H groups in total. The van der Waals surface area contributed by atoms with E-state index in [9.17, 15) is 5.26 Å². The summed E-state index contributed by atoms with van der Waals surface area (Å²) in [5.41, 5.74) is 3.40. The second-order valence-electron chi connectivity index (χ2n) is 7.47. The van der Waals surface area contributed by atoms with Gasteiger partial charge in [-0.3, -0.25) is 0 Å². The average molecular weight is 407 g/mol. The van der Waals surface area contributed by atoms with Gasteiger partial charge in [-0.05, 0) is 82.6 Å². The predicted octanol–water partition coefficient (Wildman–Crippen LogP) is 5.76. The molecule has 4 nitrogen and oxygen atoms in total. The SMILES string of the molecule is N#Cc1ccc(N2CCCC2c2ccsc2)nc1N1CCCC1c1ccsc1. The molecular formula is C22H22N4S2. The molecule has 0 aliphatic carbocycles. The maximum Gasteiger partial charge on any atom is 0.149 e. The average Bonchev–Trinajstić information content (AvgIpc) is 3.52. The van der Waals surface area contributed by atoms with Gasteiger partial charge in [0.05, 0.1) is 17.6 Å². The Labute approximate surface area is 173 Å². The van der Waals surface area contributed by atoms with Crippen molar-refractivity contribution in [2.45, 2.75) is 37.8 Å². The van der Waals surface area contributed by atoms with Gasteiger partial charge in [-0.2, -0.15) is 27.9 Å². The molecule has 0 spiro atoms. The van der Waals surface area contributed by atoms with E-state index in [-0.39, 0.29) is 0 Å². The van der Waals surface area contributed by atoms with Crippen LogP contribution in [0.4, 0.5) is 11.6 Å². The van der Waals surface area contributed by atoms with E-state index in [1.807, 2.05) is 12.1 Å². The number of nitriles is 1.